The van der Waals surface area contributed by atoms with Gasteiger partial charge in [0.15, 0.2) is 0 Å². The Kier molecular flexibility index (Phi) is 11.0. The molecule has 0 aliphatic rings. The van der Waals surface area contributed by atoms with Gasteiger partial charge in [-0.05, 0) is 37.1 Å². The molecule has 2 aromatic rings. The number of para-hydroxylation sites is 2. The van der Waals surface area contributed by atoms with Crippen molar-refractivity contribution < 1.29 is 31.4 Å². The molecule has 0 heterocycles. The van der Waals surface area contributed by atoms with Gasteiger partial charge in [-0.2, -0.15) is 0 Å². The van der Waals surface area contributed by atoms with Crippen LogP contribution in [-0.4, -0.2) is 48.9 Å². The summed E-state index contributed by atoms with van der Waals surface area (Å²) in [4.78, 5) is 8.56. The maximum atomic E-state index is 9.60. The predicted molar refractivity (Wildman–Crippen MR) is 101 cm³/mol. The molecule has 6 heteroatoms. The summed E-state index contributed by atoms with van der Waals surface area (Å²) in [5, 5.41) is 19.2. The zero-order chi connectivity index (χ0) is 17.7. The SMILES string of the molecule is Oc1ccccc1C=NCCCOCCCN=Cc1ccccc1O.[Ni]. The van der Waals surface area contributed by atoms with Crippen LogP contribution in [-0.2, 0) is 21.2 Å². The number of aliphatic imine (C=N–C) groups is 2. The molecule has 0 amide bonds. The average molecular weight is 399 g/mol. The Bertz CT molecular complexity index is 645. The van der Waals surface area contributed by atoms with E-state index in [1.165, 1.54) is 0 Å². The first-order valence-corrected chi connectivity index (χ1v) is 8.41. The first-order chi connectivity index (χ1) is 12.3. The quantitative estimate of drug-likeness (QED) is 0.365. The minimum Gasteiger partial charge on any atom is -0.507 e. The molecular formula is C20H24N2NiO3. The molecule has 0 aromatic heterocycles. The standard InChI is InChI=1S/C20H24N2O3.Ni/c23-19-9-3-1-7-17(19)15-21-11-5-13-25-14-6-12-22-16-18-8-2-4-10-20(18)24;/h1-4,7-10,15-16,23-24H,5-6,11-14H2;. The number of benzene rings is 2. The van der Waals surface area contributed by atoms with Crippen molar-refractivity contribution in [3.63, 3.8) is 0 Å². The van der Waals surface area contributed by atoms with Gasteiger partial charge in [-0.15, -0.1) is 0 Å². The van der Waals surface area contributed by atoms with Gasteiger partial charge in [0.25, 0.3) is 0 Å². The average Bonchev–Trinajstić information content (AvgIpc) is 2.62. The number of phenols is 2. The second-order valence-corrected chi connectivity index (χ2v) is 5.51. The summed E-state index contributed by atoms with van der Waals surface area (Å²) in [6.45, 7) is 2.64. The van der Waals surface area contributed by atoms with Crippen molar-refractivity contribution in [2.24, 2.45) is 9.98 Å². The van der Waals surface area contributed by atoms with Crippen molar-refractivity contribution in [1.82, 2.24) is 0 Å². The van der Waals surface area contributed by atoms with Crippen molar-refractivity contribution in [1.29, 1.82) is 0 Å². The fraction of sp³-hybridized carbons (Fsp3) is 0.300. The third-order valence-corrected chi connectivity index (χ3v) is 3.49. The van der Waals surface area contributed by atoms with Crippen LogP contribution in [0.5, 0.6) is 11.5 Å². The van der Waals surface area contributed by atoms with E-state index in [2.05, 4.69) is 9.98 Å². The van der Waals surface area contributed by atoms with Gasteiger partial charge in [0, 0.05) is 66.4 Å². The van der Waals surface area contributed by atoms with Crippen LogP contribution >= 0.6 is 0 Å². The molecule has 2 rings (SSSR count). The van der Waals surface area contributed by atoms with Crippen LogP contribution in [0.15, 0.2) is 58.5 Å². The summed E-state index contributed by atoms with van der Waals surface area (Å²) in [5.41, 5.74) is 1.46. The molecule has 0 spiro atoms. The minimum absolute atomic E-state index is 0. The van der Waals surface area contributed by atoms with Crippen LogP contribution in [0, 0.1) is 0 Å². The van der Waals surface area contributed by atoms with Gasteiger partial charge in [0.05, 0.1) is 0 Å². The molecule has 0 saturated carbocycles. The van der Waals surface area contributed by atoms with E-state index in [0.29, 0.717) is 26.3 Å². The van der Waals surface area contributed by atoms with E-state index < -0.39 is 0 Å². The summed E-state index contributed by atoms with van der Waals surface area (Å²) in [7, 11) is 0. The molecule has 26 heavy (non-hydrogen) atoms. The number of phenolic OH excluding ortho intramolecular Hbond substituents is 2. The van der Waals surface area contributed by atoms with Gasteiger partial charge in [0.1, 0.15) is 11.5 Å². The molecule has 0 bridgehead atoms. The molecule has 0 saturated heterocycles. The Labute approximate surface area is 164 Å². The fourth-order valence-electron chi connectivity index (χ4n) is 2.14. The largest absolute Gasteiger partial charge is 0.507 e. The summed E-state index contributed by atoms with van der Waals surface area (Å²) in [6, 6.07) is 14.2. The van der Waals surface area contributed by atoms with Crippen molar-refractivity contribution in [2.45, 2.75) is 12.8 Å². The second kappa shape index (κ2) is 13.1. The van der Waals surface area contributed by atoms with E-state index in [-0.39, 0.29) is 28.0 Å². The molecule has 0 aliphatic heterocycles. The molecule has 0 radical (unpaired) electrons. The summed E-state index contributed by atoms with van der Waals surface area (Å²) in [5.74, 6) is 0.485. The van der Waals surface area contributed by atoms with Gasteiger partial charge in [0.2, 0.25) is 0 Å². The number of hydrogen-bond donors (Lipinski definition) is 2. The zero-order valence-corrected chi connectivity index (χ0v) is 15.5. The Morgan fingerprint density at radius 3 is 1.58 bits per heavy atom. The number of aromatic hydroxyl groups is 2. The van der Waals surface area contributed by atoms with Gasteiger partial charge in [-0.1, -0.05) is 24.3 Å². The maximum Gasteiger partial charge on any atom is 0.124 e. The van der Waals surface area contributed by atoms with E-state index in [9.17, 15) is 10.2 Å². The molecule has 0 fully saturated rings. The number of nitrogens with zero attached hydrogens (tertiary/aromatic N) is 2. The molecule has 0 aliphatic carbocycles. The third-order valence-electron chi connectivity index (χ3n) is 3.49. The zero-order valence-electron chi connectivity index (χ0n) is 14.5. The number of rotatable bonds is 10. The Hall–Kier alpha value is -2.17. The van der Waals surface area contributed by atoms with Crippen molar-refractivity contribution in [3.8, 4) is 11.5 Å². The van der Waals surface area contributed by atoms with Gasteiger partial charge in [-0.3, -0.25) is 9.98 Å². The number of hydrogen-bond acceptors (Lipinski definition) is 5. The van der Waals surface area contributed by atoms with Gasteiger partial charge >= 0.3 is 0 Å². The van der Waals surface area contributed by atoms with Crippen LogP contribution < -0.4 is 0 Å². The van der Waals surface area contributed by atoms with Crippen LogP contribution in [0.1, 0.15) is 24.0 Å². The van der Waals surface area contributed by atoms with E-state index in [1.54, 1.807) is 36.7 Å². The molecule has 142 valence electrons. The van der Waals surface area contributed by atoms with Crippen molar-refractivity contribution in [3.05, 3.63) is 59.7 Å². The first-order valence-electron chi connectivity index (χ1n) is 8.41. The first kappa shape index (κ1) is 21.9. The molecule has 0 unspecified atom stereocenters. The molecule has 0 atom stereocenters. The summed E-state index contributed by atoms with van der Waals surface area (Å²) < 4.78 is 5.54. The maximum absolute atomic E-state index is 9.60. The Morgan fingerprint density at radius 2 is 1.15 bits per heavy atom. The van der Waals surface area contributed by atoms with E-state index in [0.717, 1.165) is 24.0 Å². The topological polar surface area (TPSA) is 74.4 Å². The van der Waals surface area contributed by atoms with Gasteiger partial charge < -0.3 is 14.9 Å². The molecular weight excluding hydrogens is 375 g/mol. The van der Waals surface area contributed by atoms with Crippen LogP contribution in [0.3, 0.4) is 0 Å². The van der Waals surface area contributed by atoms with Crippen LogP contribution in [0.4, 0.5) is 0 Å². The molecule has 2 N–H and O–H groups in total. The second-order valence-electron chi connectivity index (χ2n) is 5.51. The monoisotopic (exact) mass is 398 g/mol. The van der Waals surface area contributed by atoms with E-state index >= 15 is 0 Å². The van der Waals surface area contributed by atoms with Crippen molar-refractivity contribution in [2.75, 3.05) is 26.3 Å². The van der Waals surface area contributed by atoms with Gasteiger partial charge in [-0.25, -0.2) is 0 Å². The normalized spacial score (nSPS) is 11.1. The predicted octanol–water partition coefficient (Wildman–Crippen LogP) is 3.43. The molecule has 2 aromatic carbocycles. The smallest absolute Gasteiger partial charge is 0.124 e. The van der Waals surface area contributed by atoms with Crippen molar-refractivity contribution >= 4 is 12.4 Å². The van der Waals surface area contributed by atoms with E-state index in [1.807, 2.05) is 24.3 Å². The summed E-state index contributed by atoms with van der Waals surface area (Å²) in [6.07, 6.45) is 5.04. The van der Waals surface area contributed by atoms with Crippen LogP contribution in [0.25, 0.3) is 0 Å². The molecule has 5 nitrogen and oxygen atoms in total. The Morgan fingerprint density at radius 1 is 0.731 bits per heavy atom. The van der Waals surface area contributed by atoms with E-state index in [4.69, 9.17) is 4.74 Å². The fourth-order valence-corrected chi connectivity index (χ4v) is 2.14. The number of ether oxygens (including phenoxy) is 1. The Balaban J connectivity index is 0.00000338. The summed E-state index contributed by atoms with van der Waals surface area (Å²) >= 11 is 0. The minimum atomic E-state index is 0. The third kappa shape index (κ3) is 8.28. The van der Waals surface area contributed by atoms with Crippen LogP contribution in [0.2, 0.25) is 0 Å².